The molecule has 1 aliphatic carbocycles. The monoisotopic (exact) mass is 261 g/mol. The highest BCUT2D eigenvalue weighted by Crippen LogP contribution is 2.28. The Kier molecular flexibility index (Phi) is 4.97. The maximum Gasteiger partial charge on any atom is 0.225 e. The fourth-order valence-electron chi connectivity index (χ4n) is 2.51. The van der Waals surface area contributed by atoms with Crippen LogP contribution in [0, 0.1) is 5.92 Å². The molecule has 0 saturated heterocycles. The van der Waals surface area contributed by atoms with Gasteiger partial charge >= 0.3 is 0 Å². The molecule has 1 saturated carbocycles. The number of carbonyl (C=O) groups is 1. The summed E-state index contributed by atoms with van der Waals surface area (Å²) in [4.78, 5) is 14.2. The average molecular weight is 261 g/mol. The molecule has 1 atom stereocenters. The minimum Gasteiger partial charge on any atom is -0.383 e. The normalized spacial score (nSPS) is 16.7. The molecule has 1 aromatic carbocycles. The third kappa shape index (κ3) is 3.57. The van der Waals surface area contributed by atoms with Crippen molar-refractivity contribution < 1.29 is 9.53 Å². The first kappa shape index (κ1) is 14.1. The van der Waals surface area contributed by atoms with Crippen LogP contribution in [0.25, 0.3) is 0 Å². The van der Waals surface area contributed by atoms with Crippen molar-refractivity contribution in [3.8, 4) is 0 Å². The summed E-state index contributed by atoms with van der Waals surface area (Å²) in [6.45, 7) is 0.587. The van der Waals surface area contributed by atoms with Crippen molar-refractivity contribution in [1.29, 1.82) is 0 Å². The number of hydrogen-bond donors (Lipinski definition) is 0. The lowest BCUT2D eigenvalue weighted by Gasteiger charge is -2.34. The van der Waals surface area contributed by atoms with Gasteiger partial charge in [-0.1, -0.05) is 36.8 Å². The maximum absolute atomic E-state index is 12.3. The van der Waals surface area contributed by atoms with Crippen LogP contribution in [0.1, 0.15) is 24.8 Å². The van der Waals surface area contributed by atoms with Gasteiger partial charge in [0.1, 0.15) is 0 Å². The molecule has 0 aliphatic heterocycles. The second-order valence-corrected chi connectivity index (χ2v) is 5.38. The molecule has 0 N–H and O–H groups in total. The number of likely N-dealkylation sites (N-methyl/N-ethyl adjacent to an activating group) is 1. The third-order valence-corrected chi connectivity index (χ3v) is 4.02. The second-order valence-electron chi connectivity index (χ2n) is 5.38. The molecule has 1 amide bonds. The van der Waals surface area contributed by atoms with E-state index in [2.05, 4.69) is 12.1 Å². The number of ether oxygens (including phenoxy) is 1. The molecule has 3 nitrogen and oxygen atoms in total. The zero-order valence-electron chi connectivity index (χ0n) is 11.8. The largest absolute Gasteiger partial charge is 0.383 e. The molecular formula is C16H23NO2. The van der Waals surface area contributed by atoms with Crippen LogP contribution >= 0.6 is 0 Å². The highest BCUT2D eigenvalue weighted by atomic mass is 16.5. The Morgan fingerprint density at radius 3 is 2.58 bits per heavy atom. The first-order valence-corrected chi connectivity index (χ1v) is 7.02. The molecule has 0 unspecified atom stereocenters. The molecule has 19 heavy (non-hydrogen) atoms. The molecule has 0 aromatic heterocycles. The number of hydrogen-bond acceptors (Lipinski definition) is 2. The Bertz CT molecular complexity index is 400. The fourth-order valence-corrected chi connectivity index (χ4v) is 2.51. The van der Waals surface area contributed by atoms with Crippen molar-refractivity contribution in [2.75, 3.05) is 20.8 Å². The molecule has 104 valence electrons. The van der Waals surface area contributed by atoms with Gasteiger partial charge in [-0.05, 0) is 24.8 Å². The molecule has 3 heteroatoms. The van der Waals surface area contributed by atoms with Crippen molar-refractivity contribution >= 4 is 5.91 Å². The van der Waals surface area contributed by atoms with Crippen molar-refractivity contribution in [2.45, 2.75) is 31.7 Å². The first-order valence-electron chi connectivity index (χ1n) is 7.02. The third-order valence-electron chi connectivity index (χ3n) is 4.02. The van der Waals surface area contributed by atoms with Gasteiger partial charge in [-0.15, -0.1) is 0 Å². The predicted octanol–water partition coefficient (Wildman–Crippen LogP) is 2.50. The highest BCUT2D eigenvalue weighted by Gasteiger charge is 2.30. The van der Waals surface area contributed by atoms with Crippen LogP contribution in [0.2, 0.25) is 0 Å². The van der Waals surface area contributed by atoms with Gasteiger partial charge in [0, 0.05) is 20.1 Å². The molecular weight excluding hydrogens is 238 g/mol. The molecule has 0 radical (unpaired) electrons. The Hall–Kier alpha value is -1.35. The zero-order chi connectivity index (χ0) is 13.7. The topological polar surface area (TPSA) is 29.5 Å². The van der Waals surface area contributed by atoms with Crippen molar-refractivity contribution in [3.63, 3.8) is 0 Å². The second kappa shape index (κ2) is 6.71. The molecule has 1 aromatic rings. The van der Waals surface area contributed by atoms with E-state index >= 15 is 0 Å². The van der Waals surface area contributed by atoms with Crippen molar-refractivity contribution in [3.05, 3.63) is 35.9 Å². The molecule has 0 bridgehead atoms. The van der Waals surface area contributed by atoms with E-state index in [-0.39, 0.29) is 17.9 Å². The van der Waals surface area contributed by atoms with Gasteiger partial charge in [0.25, 0.3) is 0 Å². The maximum atomic E-state index is 12.3. The first-order chi connectivity index (χ1) is 9.22. The van der Waals surface area contributed by atoms with Crippen LogP contribution < -0.4 is 0 Å². The fraction of sp³-hybridized carbons (Fsp3) is 0.562. The van der Waals surface area contributed by atoms with Crippen molar-refractivity contribution in [1.82, 2.24) is 4.90 Å². The summed E-state index contributed by atoms with van der Waals surface area (Å²) < 4.78 is 5.28. The van der Waals surface area contributed by atoms with Gasteiger partial charge in [0.15, 0.2) is 0 Å². The standard InChI is InChI=1S/C16H23NO2/c1-17(16(18)14-9-6-10-14)15(12-19-2)11-13-7-4-3-5-8-13/h3-5,7-8,14-15H,6,9-12H2,1-2H3/t15-/m1/s1. The number of benzene rings is 1. The average Bonchev–Trinajstić information content (AvgIpc) is 2.36. The van der Waals surface area contributed by atoms with Gasteiger partial charge in [0.2, 0.25) is 5.91 Å². The summed E-state index contributed by atoms with van der Waals surface area (Å²) in [5.41, 5.74) is 1.25. The number of carbonyl (C=O) groups excluding carboxylic acids is 1. The van der Waals surface area contributed by atoms with E-state index < -0.39 is 0 Å². The van der Waals surface area contributed by atoms with E-state index in [1.807, 2.05) is 30.1 Å². The lowest BCUT2D eigenvalue weighted by atomic mass is 9.84. The van der Waals surface area contributed by atoms with Gasteiger partial charge in [-0.2, -0.15) is 0 Å². The Morgan fingerprint density at radius 1 is 1.37 bits per heavy atom. The molecule has 0 spiro atoms. The van der Waals surface area contributed by atoms with Gasteiger partial charge in [-0.25, -0.2) is 0 Å². The molecule has 2 rings (SSSR count). The quantitative estimate of drug-likeness (QED) is 0.787. The summed E-state index contributed by atoms with van der Waals surface area (Å²) in [6.07, 6.45) is 4.14. The summed E-state index contributed by atoms with van der Waals surface area (Å²) in [6, 6.07) is 10.4. The number of amides is 1. The summed E-state index contributed by atoms with van der Waals surface area (Å²) >= 11 is 0. The Balaban J connectivity index is 1.99. The van der Waals surface area contributed by atoms with Crippen LogP contribution in [0.15, 0.2) is 30.3 Å². The van der Waals surface area contributed by atoms with E-state index in [0.29, 0.717) is 6.61 Å². The summed E-state index contributed by atoms with van der Waals surface area (Å²) in [7, 11) is 3.60. The van der Waals surface area contributed by atoms with E-state index in [4.69, 9.17) is 4.74 Å². The van der Waals surface area contributed by atoms with Gasteiger partial charge < -0.3 is 9.64 Å². The van der Waals surface area contributed by atoms with E-state index in [1.165, 1.54) is 12.0 Å². The summed E-state index contributed by atoms with van der Waals surface area (Å²) in [5, 5.41) is 0. The van der Waals surface area contributed by atoms with Crippen LogP contribution in [0.4, 0.5) is 0 Å². The number of methoxy groups -OCH3 is 1. The molecule has 0 heterocycles. The van der Waals surface area contributed by atoms with Crippen molar-refractivity contribution in [2.24, 2.45) is 5.92 Å². The SMILES string of the molecule is COC[C@@H](Cc1ccccc1)N(C)C(=O)C1CCC1. The van der Waals surface area contributed by atoms with Crippen LogP contribution in [-0.2, 0) is 16.0 Å². The van der Waals surface area contributed by atoms with Crippen LogP contribution in [-0.4, -0.2) is 37.6 Å². The van der Waals surface area contributed by atoms with Crippen LogP contribution in [0.5, 0.6) is 0 Å². The molecule has 1 aliphatic rings. The Morgan fingerprint density at radius 2 is 2.05 bits per heavy atom. The van der Waals surface area contributed by atoms with E-state index in [0.717, 1.165) is 19.3 Å². The van der Waals surface area contributed by atoms with Gasteiger partial charge in [-0.3, -0.25) is 4.79 Å². The minimum atomic E-state index is 0.125. The zero-order valence-corrected chi connectivity index (χ0v) is 11.8. The highest BCUT2D eigenvalue weighted by molar-refractivity contribution is 5.79. The van der Waals surface area contributed by atoms with Gasteiger partial charge in [0.05, 0.1) is 12.6 Å². The summed E-state index contributed by atoms with van der Waals surface area (Å²) in [5.74, 6) is 0.532. The number of nitrogens with zero attached hydrogens (tertiary/aromatic N) is 1. The molecule has 1 fully saturated rings. The van der Waals surface area contributed by atoms with Crippen LogP contribution in [0.3, 0.4) is 0 Å². The lowest BCUT2D eigenvalue weighted by Crippen LogP contribution is -2.45. The lowest BCUT2D eigenvalue weighted by molar-refractivity contribution is -0.140. The predicted molar refractivity (Wildman–Crippen MR) is 75.9 cm³/mol. The smallest absolute Gasteiger partial charge is 0.225 e. The van der Waals surface area contributed by atoms with E-state index in [1.54, 1.807) is 7.11 Å². The minimum absolute atomic E-state index is 0.125. The Labute approximate surface area is 115 Å². The van der Waals surface area contributed by atoms with E-state index in [9.17, 15) is 4.79 Å². The number of rotatable bonds is 6.